The van der Waals surface area contributed by atoms with Crippen molar-refractivity contribution < 1.29 is 37.3 Å². The van der Waals surface area contributed by atoms with Gasteiger partial charge in [0, 0.05) is 18.9 Å². The molecule has 2 aliphatic rings. The molecule has 0 aromatic carbocycles. The Kier molecular flexibility index (Phi) is 7.58. The molecule has 11 heteroatoms. The number of carboxylic acids is 1. The van der Waals surface area contributed by atoms with Crippen molar-refractivity contribution in [3.05, 3.63) is 30.1 Å². The van der Waals surface area contributed by atoms with Gasteiger partial charge in [0.25, 0.3) is 0 Å². The molecule has 3 heterocycles. The average molecular weight is 405 g/mol. The summed E-state index contributed by atoms with van der Waals surface area (Å²) in [4.78, 5) is 25.9. The van der Waals surface area contributed by atoms with Gasteiger partial charge in [0.1, 0.15) is 0 Å². The Morgan fingerprint density at radius 1 is 1.29 bits per heavy atom. The zero-order chi connectivity index (χ0) is 20.7. The molecule has 2 fully saturated rings. The van der Waals surface area contributed by atoms with E-state index in [0.29, 0.717) is 19.8 Å². The summed E-state index contributed by atoms with van der Waals surface area (Å²) >= 11 is 0. The first kappa shape index (κ1) is 21.9. The molecule has 0 saturated carbocycles. The molecular weight excluding hydrogens is 383 g/mol. The standard InChI is InChI=1S/C15H21N3O3.C2HF3O2/c16-15(19)18-8-5-14-13(18)2-1-12(21-14)10-20-9-11-3-6-17-7-4-11;3-2(4,5)1(6)7/h3-4,6-7,12-14H,1-2,5,8-10H2,(H2,16,19);(H,6,7)/t12-,13+,14+;/m1./s1. The highest BCUT2D eigenvalue weighted by molar-refractivity contribution is 5.73. The fourth-order valence-electron chi connectivity index (χ4n) is 3.18. The number of halogens is 3. The van der Waals surface area contributed by atoms with Gasteiger partial charge in [-0.3, -0.25) is 4.98 Å². The van der Waals surface area contributed by atoms with E-state index in [1.807, 2.05) is 12.1 Å². The number of carbonyl (C=O) groups excluding carboxylic acids is 1. The van der Waals surface area contributed by atoms with Gasteiger partial charge >= 0.3 is 18.2 Å². The van der Waals surface area contributed by atoms with Crippen LogP contribution in [0.2, 0.25) is 0 Å². The number of likely N-dealkylation sites (tertiary alicyclic amines) is 1. The van der Waals surface area contributed by atoms with Crippen LogP contribution in [0.25, 0.3) is 0 Å². The first-order valence-corrected chi connectivity index (χ1v) is 8.66. The molecule has 0 aliphatic carbocycles. The Balaban J connectivity index is 0.000000345. The summed E-state index contributed by atoms with van der Waals surface area (Å²) in [6, 6.07) is 3.70. The number of rotatable bonds is 4. The molecule has 2 amide bonds. The molecule has 0 spiro atoms. The molecular formula is C17H22F3N3O5. The molecule has 3 atom stereocenters. The van der Waals surface area contributed by atoms with Crippen LogP contribution in [0.4, 0.5) is 18.0 Å². The van der Waals surface area contributed by atoms with Crippen molar-refractivity contribution >= 4 is 12.0 Å². The van der Waals surface area contributed by atoms with Crippen LogP contribution in [0.1, 0.15) is 24.8 Å². The van der Waals surface area contributed by atoms with Gasteiger partial charge in [0.2, 0.25) is 0 Å². The third-order valence-electron chi connectivity index (χ3n) is 4.48. The van der Waals surface area contributed by atoms with Crippen molar-refractivity contribution in [1.29, 1.82) is 0 Å². The number of primary amides is 1. The topological polar surface area (TPSA) is 115 Å². The van der Waals surface area contributed by atoms with E-state index in [1.54, 1.807) is 17.3 Å². The summed E-state index contributed by atoms with van der Waals surface area (Å²) in [7, 11) is 0. The Hall–Kier alpha value is -2.40. The highest BCUT2D eigenvalue weighted by atomic mass is 19.4. The molecule has 3 rings (SSSR count). The number of aliphatic carboxylic acids is 1. The first-order valence-electron chi connectivity index (χ1n) is 8.66. The number of amides is 2. The van der Waals surface area contributed by atoms with Crippen molar-refractivity contribution in [2.75, 3.05) is 13.2 Å². The van der Waals surface area contributed by atoms with E-state index in [2.05, 4.69) is 4.98 Å². The number of hydrogen-bond donors (Lipinski definition) is 2. The summed E-state index contributed by atoms with van der Waals surface area (Å²) in [5.41, 5.74) is 6.50. The number of nitrogens with two attached hydrogens (primary N) is 1. The minimum absolute atomic E-state index is 0.112. The lowest BCUT2D eigenvalue weighted by molar-refractivity contribution is -0.192. The van der Waals surface area contributed by atoms with Crippen molar-refractivity contribution in [1.82, 2.24) is 9.88 Å². The molecule has 28 heavy (non-hydrogen) atoms. The van der Waals surface area contributed by atoms with Crippen molar-refractivity contribution in [2.24, 2.45) is 5.73 Å². The van der Waals surface area contributed by atoms with Crippen LogP contribution in [-0.4, -0.2) is 64.6 Å². The van der Waals surface area contributed by atoms with Crippen molar-refractivity contribution in [3.8, 4) is 0 Å². The monoisotopic (exact) mass is 405 g/mol. The predicted octanol–water partition coefficient (Wildman–Crippen LogP) is 1.93. The van der Waals surface area contributed by atoms with Crippen LogP contribution < -0.4 is 5.73 Å². The Bertz CT molecular complexity index is 659. The molecule has 0 bridgehead atoms. The zero-order valence-electron chi connectivity index (χ0n) is 15.0. The van der Waals surface area contributed by atoms with Crippen LogP contribution in [-0.2, 0) is 20.9 Å². The van der Waals surface area contributed by atoms with Crippen LogP contribution in [0.5, 0.6) is 0 Å². The largest absolute Gasteiger partial charge is 0.490 e. The fraction of sp³-hybridized carbons (Fsp3) is 0.588. The SMILES string of the molecule is NC(=O)N1CC[C@@H]2O[C@@H](COCc3ccncc3)CC[C@@H]21.O=C(O)C(F)(F)F. The molecule has 2 aliphatic heterocycles. The minimum Gasteiger partial charge on any atom is -0.475 e. The number of hydrogen-bond acceptors (Lipinski definition) is 5. The number of carboxylic acid groups (broad SMARTS) is 1. The quantitative estimate of drug-likeness (QED) is 0.791. The summed E-state index contributed by atoms with van der Waals surface area (Å²) in [6.45, 7) is 1.86. The van der Waals surface area contributed by atoms with E-state index < -0.39 is 12.1 Å². The summed E-state index contributed by atoms with van der Waals surface area (Å²) in [5.74, 6) is -2.76. The van der Waals surface area contributed by atoms with Crippen LogP contribution in [0.3, 0.4) is 0 Å². The zero-order valence-corrected chi connectivity index (χ0v) is 15.0. The molecule has 0 radical (unpaired) electrons. The van der Waals surface area contributed by atoms with E-state index in [0.717, 1.165) is 24.8 Å². The number of alkyl halides is 3. The highest BCUT2D eigenvalue weighted by Gasteiger charge is 2.41. The molecule has 2 saturated heterocycles. The molecule has 1 aromatic heterocycles. The molecule has 1 aromatic rings. The van der Waals surface area contributed by atoms with Gasteiger partial charge in [-0.05, 0) is 37.0 Å². The van der Waals surface area contributed by atoms with E-state index in [9.17, 15) is 18.0 Å². The number of carbonyl (C=O) groups is 2. The third kappa shape index (κ3) is 6.34. The Morgan fingerprint density at radius 2 is 1.93 bits per heavy atom. The van der Waals surface area contributed by atoms with Gasteiger partial charge < -0.3 is 25.2 Å². The lowest BCUT2D eigenvalue weighted by Gasteiger charge is -2.35. The Labute approximate surface area is 159 Å². The number of ether oxygens (including phenoxy) is 2. The van der Waals surface area contributed by atoms with E-state index in [4.69, 9.17) is 25.1 Å². The van der Waals surface area contributed by atoms with Crippen LogP contribution >= 0.6 is 0 Å². The maximum atomic E-state index is 11.3. The second-order valence-corrected chi connectivity index (χ2v) is 6.44. The number of pyridine rings is 1. The van der Waals surface area contributed by atoms with Gasteiger partial charge in [-0.2, -0.15) is 13.2 Å². The normalized spacial score (nSPS) is 24.1. The van der Waals surface area contributed by atoms with Crippen LogP contribution in [0, 0.1) is 0 Å². The molecule has 156 valence electrons. The number of nitrogens with zero attached hydrogens (tertiary/aromatic N) is 2. The highest BCUT2D eigenvalue weighted by Crippen LogP contribution is 2.31. The van der Waals surface area contributed by atoms with Gasteiger partial charge in [0.05, 0.1) is 31.5 Å². The van der Waals surface area contributed by atoms with Gasteiger partial charge in [-0.1, -0.05) is 0 Å². The van der Waals surface area contributed by atoms with E-state index >= 15 is 0 Å². The number of urea groups is 1. The molecule has 0 unspecified atom stereocenters. The number of aromatic nitrogens is 1. The number of fused-ring (bicyclic) bond motifs is 1. The Morgan fingerprint density at radius 3 is 2.50 bits per heavy atom. The summed E-state index contributed by atoms with van der Waals surface area (Å²) in [6.07, 6.45) is 1.38. The summed E-state index contributed by atoms with van der Waals surface area (Å²) < 4.78 is 43.5. The van der Waals surface area contributed by atoms with E-state index in [1.165, 1.54) is 0 Å². The predicted molar refractivity (Wildman–Crippen MR) is 90.2 cm³/mol. The van der Waals surface area contributed by atoms with Gasteiger partial charge in [-0.25, -0.2) is 9.59 Å². The lowest BCUT2D eigenvalue weighted by atomic mass is 9.99. The van der Waals surface area contributed by atoms with E-state index in [-0.39, 0.29) is 24.3 Å². The second-order valence-electron chi connectivity index (χ2n) is 6.44. The first-order chi connectivity index (χ1) is 13.2. The smallest absolute Gasteiger partial charge is 0.475 e. The maximum absolute atomic E-state index is 11.3. The van der Waals surface area contributed by atoms with Crippen molar-refractivity contribution in [2.45, 2.75) is 50.3 Å². The minimum atomic E-state index is -5.08. The second kappa shape index (κ2) is 9.69. The fourth-order valence-corrected chi connectivity index (χ4v) is 3.18. The average Bonchev–Trinajstić information content (AvgIpc) is 3.06. The van der Waals surface area contributed by atoms with Gasteiger partial charge in [-0.15, -0.1) is 0 Å². The van der Waals surface area contributed by atoms with Gasteiger partial charge in [0.15, 0.2) is 0 Å². The van der Waals surface area contributed by atoms with Crippen LogP contribution in [0.15, 0.2) is 24.5 Å². The maximum Gasteiger partial charge on any atom is 0.490 e. The summed E-state index contributed by atoms with van der Waals surface area (Å²) in [5, 5.41) is 7.12. The van der Waals surface area contributed by atoms with Crippen molar-refractivity contribution in [3.63, 3.8) is 0 Å². The molecule has 3 N–H and O–H groups in total. The third-order valence-corrected chi connectivity index (χ3v) is 4.48. The lowest BCUT2D eigenvalue weighted by Crippen LogP contribution is -2.47. The molecule has 8 nitrogen and oxygen atoms in total.